The van der Waals surface area contributed by atoms with E-state index in [1.165, 1.54) is 0 Å². The molecule has 0 aliphatic heterocycles. The molecule has 0 heterocycles. The van der Waals surface area contributed by atoms with E-state index in [1.54, 1.807) is 0 Å². The molecule has 12 heavy (non-hydrogen) atoms. The van der Waals surface area contributed by atoms with Gasteiger partial charge < -0.3 is 0 Å². The molecule has 0 saturated carbocycles. The smallest absolute Gasteiger partial charge is 0.264 e. The Balaban J connectivity index is 4.45. The average molecular weight is 247 g/mol. The van der Waals surface area contributed by atoms with E-state index in [0.29, 0.717) is 0 Å². The van der Waals surface area contributed by atoms with Gasteiger partial charge in [-0.3, -0.25) is 4.18 Å². The molecule has 0 bridgehead atoms. The van der Waals surface area contributed by atoms with E-state index < -0.39 is 10.1 Å². The van der Waals surface area contributed by atoms with E-state index in [9.17, 15) is 8.42 Å². The number of hydrogen-bond acceptors (Lipinski definition) is 3. The standard InChI is InChI=1S/C7H3BrO3S/c1-11-12(9,10)7-5-3-2-4-6-8/h1H3. The summed E-state index contributed by atoms with van der Waals surface area (Å²) in [7, 11) is -2.71. The van der Waals surface area contributed by atoms with Crippen molar-refractivity contribution in [3.05, 3.63) is 0 Å². The maximum absolute atomic E-state index is 10.5. The number of hydrogen-bond donors (Lipinski definition) is 0. The summed E-state index contributed by atoms with van der Waals surface area (Å²) >= 11 is 2.80. The highest BCUT2D eigenvalue weighted by molar-refractivity contribution is 9.12. The van der Waals surface area contributed by atoms with Gasteiger partial charge in [-0.2, -0.15) is 8.42 Å². The summed E-state index contributed by atoms with van der Waals surface area (Å²) in [4.78, 5) is 2.32. The van der Waals surface area contributed by atoms with Crippen LogP contribution in [0.3, 0.4) is 0 Å². The summed E-state index contributed by atoms with van der Waals surface area (Å²) < 4.78 is 25.1. The fourth-order valence-corrected chi connectivity index (χ4v) is 0.574. The van der Waals surface area contributed by atoms with E-state index in [2.05, 4.69) is 48.6 Å². The molecule has 0 fully saturated rings. The molecule has 0 aromatic rings. The van der Waals surface area contributed by atoms with Crippen LogP contribution in [0.15, 0.2) is 0 Å². The van der Waals surface area contributed by atoms with E-state index in [-0.39, 0.29) is 0 Å². The molecule has 0 unspecified atom stereocenters. The van der Waals surface area contributed by atoms with E-state index in [0.717, 1.165) is 7.11 Å². The molecule has 0 aliphatic rings. The Morgan fingerprint density at radius 2 is 1.75 bits per heavy atom. The lowest BCUT2D eigenvalue weighted by Gasteiger charge is -1.84. The van der Waals surface area contributed by atoms with E-state index >= 15 is 0 Å². The van der Waals surface area contributed by atoms with Crippen molar-refractivity contribution in [2.24, 2.45) is 0 Å². The molecule has 0 spiro atoms. The average Bonchev–Trinajstić information content (AvgIpc) is 2.04. The summed E-state index contributed by atoms with van der Waals surface area (Å²) in [6.07, 6.45) is 0. The normalized spacial score (nSPS) is 7.83. The topological polar surface area (TPSA) is 43.4 Å². The molecule has 0 aromatic carbocycles. The Hall–Kier alpha value is -0.930. The van der Waals surface area contributed by atoms with Crippen molar-refractivity contribution < 1.29 is 12.6 Å². The molecule has 0 radical (unpaired) electrons. The Morgan fingerprint density at radius 1 is 1.17 bits per heavy atom. The minimum atomic E-state index is -3.73. The Morgan fingerprint density at radius 3 is 2.25 bits per heavy atom. The van der Waals surface area contributed by atoms with Crippen molar-refractivity contribution in [2.75, 3.05) is 7.11 Å². The highest BCUT2D eigenvalue weighted by atomic mass is 79.9. The van der Waals surface area contributed by atoms with Crippen molar-refractivity contribution in [1.29, 1.82) is 0 Å². The lowest BCUT2D eigenvalue weighted by atomic mass is 10.6. The second-order valence-corrected chi connectivity index (χ2v) is 3.16. The van der Waals surface area contributed by atoms with Gasteiger partial charge in [0.2, 0.25) is 0 Å². The maximum Gasteiger partial charge on any atom is 0.338 e. The lowest BCUT2D eigenvalue weighted by Crippen LogP contribution is -1.96. The first kappa shape index (κ1) is 11.1. The van der Waals surface area contributed by atoms with Crippen molar-refractivity contribution in [1.82, 2.24) is 0 Å². The van der Waals surface area contributed by atoms with Crippen molar-refractivity contribution in [2.45, 2.75) is 0 Å². The molecule has 0 aromatic heterocycles. The van der Waals surface area contributed by atoms with Gasteiger partial charge in [0.15, 0.2) is 0 Å². The summed E-state index contributed by atoms with van der Waals surface area (Å²) in [5, 5.41) is 1.81. The molecule has 0 atom stereocenters. The van der Waals surface area contributed by atoms with Crippen molar-refractivity contribution in [3.63, 3.8) is 0 Å². The molecule has 0 amide bonds. The molecule has 62 valence electrons. The van der Waals surface area contributed by atoms with Crippen LogP contribution in [0.2, 0.25) is 0 Å². The third kappa shape index (κ3) is 5.82. The Bertz CT molecular complexity index is 416. The number of halogens is 1. The second kappa shape index (κ2) is 5.69. The molecule has 0 saturated heterocycles. The van der Waals surface area contributed by atoms with Gasteiger partial charge >= 0.3 is 10.1 Å². The van der Waals surface area contributed by atoms with Crippen LogP contribution in [-0.2, 0) is 14.3 Å². The largest absolute Gasteiger partial charge is 0.338 e. The minimum Gasteiger partial charge on any atom is -0.264 e. The summed E-state index contributed by atoms with van der Waals surface area (Å²) in [6, 6.07) is 0. The van der Waals surface area contributed by atoms with Crippen LogP contribution in [0, 0.1) is 33.8 Å². The highest BCUT2D eigenvalue weighted by Crippen LogP contribution is 1.83. The monoisotopic (exact) mass is 246 g/mol. The molecule has 5 heteroatoms. The molecular weight excluding hydrogens is 244 g/mol. The zero-order valence-electron chi connectivity index (χ0n) is 6.01. The molecule has 0 rings (SSSR count). The van der Waals surface area contributed by atoms with Gasteiger partial charge in [0, 0.05) is 27.8 Å². The molecule has 3 nitrogen and oxygen atoms in total. The Kier molecular flexibility index (Phi) is 5.25. The van der Waals surface area contributed by atoms with Gasteiger partial charge in [-0.15, -0.1) is 0 Å². The van der Waals surface area contributed by atoms with Gasteiger partial charge in [-0.25, -0.2) is 0 Å². The third-order valence-electron chi connectivity index (χ3n) is 0.630. The zero-order valence-corrected chi connectivity index (χ0v) is 8.41. The van der Waals surface area contributed by atoms with E-state index in [4.69, 9.17) is 0 Å². The third-order valence-corrected chi connectivity index (χ3v) is 1.62. The zero-order chi connectivity index (χ0) is 9.45. The fraction of sp³-hybridized carbons (Fsp3) is 0.143. The maximum atomic E-state index is 10.5. The predicted molar refractivity (Wildman–Crippen MR) is 48.2 cm³/mol. The van der Waals surface area contributed by atoms with Gasteiger partial charge in [0.1, 0.15) is 0 Å². The Labute approximate surface area is 79.7 Å². The van der Waals surface area contributed by atoms with E-state index in [1.807, 2.05) is 5.25 Å². The summed E-state index contributed by atoms with van der Waals surface area (Å²) in [5.41, 5.74) is 0. The first-order chi connectivity index (χ1) is 5.62. The molecule has 0 aliphatic carbocycles. The first-order valence-corrected chi connectivity index (χ1v) is 4.75. The SMILES string of the molecule is COS(=O)(=O)C#CC#CC#CBr. The first-order valence-electron chi connectivity index (χ1n) is 2.55. The molecular formula is C7H3BrO3S. The highest BCUT2D eigenvalue weighted by Gasteiger charge is 1.98. The summed E-state index contributed by atoms with van der Waals surface area (Å²) in [6.45, 7) is 0. The van der Waals surface area contributed by atoms with Crippen LogP contribution in [-0.4, -0.2) is 15.5 Å². The van der Waals surface area contributed by atoms with Gasteiger partial charge in [0.25, 0.3) is 0 Å². The fourth-order valence-electron chi connectivity index (χ4n) is 0.216. The molecule has 0 N–H and O–H groups in total. The van der Waals surface area contributed by atoms with Crippen LogP contribution in [0.25, 0.3) is 0 Å². The van der Waals surface area contributed by atoms with Crippen LogP contribution >= 0.6 is 15.9 Å². The predicted octanol–water partition coefficient (Wildman–Crippen LogP) is 0.283. The quantitative estimate of drug-likeness (QED) is 0.494. The van der Waals surface area contributed by atoms with Gasteiger partial charge in [-0.05, 0) is 16.7 Å². The van der Waals surface area contributed by atoms with Gasteiger partial charge in [-0.1, -0.05) is 0 Å². The van der Waals surface area contributed by atoms with Crippen LogP contribution in [0.1, 0.15) is 0 Å². The minimum absolute atomic E-state index is 1.02. The number of rotatable bonds is 1. The van der Waals surface area contributed by atoms with Crippen LogP contribution in [0.4, 0.5) is 0 Å². The van der Waals surface area contributed by atoms with Gasteiger partial charge in [0.05, 0.1) is 12.4 Å². The van der Waals surface area contributed by atoms with Crippen molar-refractivity contribution in [3.8, 4) is 33.8 Å². The summed E-state index contributed by atoms with van der Waals surface area (Å²) in [5.74, 6) is 8.87. The van der Waals surface area contributed by atoms with Crippen molar-refractivity contribution >= 4 is 26.0 Å². The lowest BCUT2D eigenvalue weighted by molar-refractivity contribution is 0.408. The van der Waals surface area contributed by atoms with Crippen LogP contribution in [0.5, 0.6) is 0 Å². The second-order valence-electron chi connectivity index (χ2n) is 1.32. The van der Waals surface area contributed by atoms with Crippen LogP contribution < -0.4 is 0 Å².